The molecule has 0 aromatic heterocycles. The highest BCUT2D eigenvalue weighted by atomic mass is 32.2. The molecule has 3 heteroatoms. The Labute approximate surface area is 102 Å². The van der Waals surface area contributed by atoms with E-state index in [0.717, 1.165) is 12.8 Å². The van der Waals surface area contributed by atoms with Crippen LogP contribution in [-0.4, -0.2) is 6.26 Å². The third-order valence-electron chi connectivity index (χ3n) is 2.71. The number of nitrogens with two attached hydrogens (primary N) is 1. The van der Waals surface area contributed by atoms with Crippen LogP contribution in [0.2, 0.25) is 0 Å². The maximum Gasteiger partial charge on any atom is 0.0508 e. The van der Waals surface area contributed by atoms with Crippen LogP contribution in [-0.2, 0) is 0 Å². The fourth-order valence-electron chi connectivity index (χ4n) is 1.65. The Morgan fingerprint density at radius 3 is 2.75 bits per heavy atom. The molecular weight excluding hydrogens is 216 g/mol. The number of thioether (sulfide) groups is 1. The summed E-state index contributed by atoms with van der Waals surface area (Å²) in [5.74, 6) is 5.63. The van der Waals surface area contributed by atoms with Crippen LogP contribution in [0.15, 0.2) is 41.3 Å². The molecule has 88 valence electrons. The van der Waals surface area contributed by atoms with Gasteiger partial charge in [0.1, 0.15) is 0 Å². The number of hydrogen-bond donors (Lipinski definition) is 2. The monoisotopic (exact) mass is 236 g/mol. The van der Waals surface area contributed by atoms with Gasteiger partial charge in [0.25, 0.3) is 0 Å². The zero-order valence-corrected chi connectivity index (χ0v) is 10.8. The van der Waals surface area contributed by atoms with Crippen molar-refractivity contribution in [2.24, 2.45) is 5.84 Å². The molecule has 1 rings (SSSR count). The predicted molar refractivity (Wildman–Crippen MR) is 72.3 cm³/mol. The highest BCUT2D eigenvalue weighted by Crippen LogP contribution is 2.29. The van der Waals surface area contributed by atoms with Crippen LogP contribution in [0.25, 0.3) is 0 Å². The molecule has 1 atom stereocenters. The van der Waals surface area contributed by atoms with Gasteiger partial charge in [-0.25, -0.2) is 0 Å². The van der Waals surface area contributed by atoms with Crippen LogP contribution in [0.4, 0.5) is 0 Å². The molecule has 0 saturated heterocycles. The molecule has 0 aliphatic rings. The van der Waals surface area contributed by atoms with Gasteiger partial charge in [-0.2, -0.15) is 0 Å². The van der Waals surface area contributed by atoms with Gasteiger partial charge < -0.3 is 0 Å². The van der Waals surface area contributed by atoms with Crippen molar-refractivity contribution in [1.29, 1.82) is 0 Å². The Morgan fingerprint density at radius 2 is 2.19 bits per heavy atom. The van der Waals surface area contributed by atoms with Gasteiger partial charge in [-0.3, -0.25) is 11.3 Å². The quantitative estimate of drug-likeness (QED) is 0.344. The first-order valence-corrected chi connectivity index (χ1v) is 6.71. The first-order chi connectivity index (χ1) is 7.72. The number of nitrogens with one attached hydrogen (secondary N) is 1. The van der Waals surface area contributed by atoms with Gasteiger partial charge in [0.15, 0.2) is 0 Å². The van der Waals surface area contributed by atoms with Crippen LogP contribution < -0.4 is 11.3 Å². The molecule has 0 heterocycles. The van der Waals surface area contributed by atoms with E-state index in [9.17, 15) is 0 Å². The summed E-state index contributed by atoms with van der Waals surface area (Å²) in [7, 11) is 0. The van der Waals surface area contributed by atoms with E-state index in [0.29, 0.717) is 0 Å². The Morgan fingerprint density at radius 1 is 1.50 bits per heavy atom. The van der Waals surface area contributed by atoms with Gasteiger partial charge in [0.2, 0.25) is 0 Å². The summed E-state index contributed by atoms with van der Waals surface area (Å²) in [6.07, 6.45) is 3.98. The number of hydrogen-bond acceptors (Lipinski definition) is 3. The van der Waals surface area contributed by atoms with Gasteiger partial charge >= 0.3 is 0 Å². The van der Waals surface area contributed by atoms with Crippen LogP contribution in [0.1, 0.15) is 31.4 Å². The molecule has 0 bridgehead atoms. The van der Waals surface area contributed by atoms with E-state index in [1.54, 1.807) is 11.8 Å². The number of hydrazine groups is 1. The topological polar surface area (TPSA) is 38.0 Å². The molecule has 1 aromatic carbocycles. The van der Waals surface area contributed by atoms with E-state index in [1.807, 2.05) is 6.07 Å². The van der Waals surface area contributed by atoms with E-state index < -0.39 is 0 Å². The molecule has 0 fully saturated rings. The molecule has 1 aromatic rings. The van der Waals surface area contributed by atoms with Crippen molar-refractivity contribution in [2.45, 2.75) is 30.7 Å². The summed E-state index contributed by atoms with van der Waals surface area (Å²) < 4.78 is 0. The Hall–Kier alpha value is -0.770. The third-order valence-corrected chi connectivity index (χ3v) is 3.52. The van der Waals surface area contributed by atoms with Crippen LogP contribution in [0.5, 0.6) is 0 Å². The lowest BCUT2D eigenvalue weighted by Gasteiger charge is -2.19. The lowest BCUT2D eigenvalue weighted by Crippen LogP contribution is -2.28. The first kappa shape index (κ1) is 13.3. The molecule has 1 unspecified atom stereocenters. The van der Waals surface area contributed by atoms with Crippen molar-refractivity contribution < 1.29 is 0 Å². The smallest absolute Gasteiger partial charge is 0.0508 e. The third kappa shape index (κ3) is 3.37. The fraction of sp³-hybridized carbons (Fsp3) is 0.385. The summed E-state index contributed by atoms with van der Waals surface area (Å²) in [6.45, 7) is 6.16. The van der Waals surface area contributed by atoms with Gasteiger partial charge in [0.05, 0.1) is 6.04 Å². The number of rotatable bonds is 6. The zero-order chi connectivity index (χ0) is 12.0. The van der Waals surface area contributed by atoms with E-state index in [2.05, 4.69) is 43.4 Å². The van der Waals surface area contributed by atoms with Crippen molar-refractivity contribution in [3.63, 3.8) is 0 Å². The van der Waals surface area contributed by atoms with Gasteiger partial charge in [-0.1, -0.05) is 37.3 Å². The van der Waals surface area contributed by atoms with Crippen molar-refractivity contribution in [2.75, 3.05) is 6.26 Å². The first-order valence-electron chi connectivity index (χ1n) is 5.48. The minimum atomic E-state index is 0.163. The summed E-state index contributed by atoms with van der Waals surface area (Å²) in [4.78, 5) is 1.27. The van der Waals surface area contributed by atoms with Crippen LogP contribution in [0, 0.1) is 0 Å². The summed E-state index contributed by atoms with van der Waals surface area (Å²) >= 11 is 1.75. The molecule has 0 aliphatic carbocycles. The van der Waals surface area contributed by atoms with Crippen LogP contribution >= 0.6 is 11.8 Å². The van der Waals surface area contributed by atoms with Gasteiger partial charge in [-0.05, 0) is 30.7 Å². The van der Waals surface area contributed by atoms with Crippen molar-refractivity contribution >= 4 is 11.8 Å². The Balaban J connectivity index is 2.89. The molecule has 0 spiro atoms. The van der Waals surface area contributed by atoms with E-state index >= 15 is 0 Å². The minimum Gasteiger partial charge on any atom is -0.271 e. The molecule has 0 radical (unpaired) electrons. The van der Waals surface area contributed by atoms with E-state index in [1.165, 1.54) is 16.0 Å². The van der Waals surface area contributed by atoms with E-state index in [-0.39, 0.29) is 6.04 Å². The molecule has 3 N–H and O–H groups in total. The molecule has 0 aliphatic heterocycles. The summed E-state index contributed by atoms with van der Waals surface area (Å²) in [5.41, 5.74) is 5.36. The maximum absolute atomic E-state index is 5.63. The minimum absolute atomic E-state index is 0.163. The SMILES string of the molecule is C=C(CC)CC(NN)c1ccccc1SC. The lowest BCUT2D eigenvalue weighted by atomic mass is 9.99. The largest absolute Gasteiger partial charge is 0.271 e. The maximum atomic E-state index is 5.63. The normalized spacial score (nSPS) is 12.4. The van der Waals surface area contributed by atoms with Gasteiger partial charge in [0, 0.05) is 4.90 Å². The van der Waals surface area contributed by atoms with Crippen molar-refractivity contribution in [3.05, 3.63) is 42.0 Å². The Kier molecular flexibility index (Phi) is 5.60. The predicted octanol–water partition coefficient (Wildman–Crippen LogP) is 3.27. The Bertz CT molecular complexity index is 350. The second kappa shape index (κ2) is 6.74. The number of benzene rings is 1. The average Bonchev–Trinajstić information content (AvgIpc) is 2.35. The molecule has 16 heavy (non-hydrogen) atoms. The molecular formula is C13H20N2S. The standard InChI is InChI=1S/C13H20N2S/c1-4-10(2)9-12(15-14)11-7-5-6-8-13(11)16-3/h5-8,12,15H,2,4,9,14H2,1,3H3. The van der Waals surface area contributed by atoms with Crippen molar-refractivity contribution in [1.82, 2.24) is 5.43 Å². The highest BCUT2D eigenvalue weighted by molar-refractivity contribution is 7.98. The van der Waals surface area contributed by atoms with Crippen LogP contribution in [0.3, 0.4) is 0 Å². The van der Waals surface area contributed by atoms with Gasteiger partial charge in [-0.15, -0.1) is 11.8 Å². The summed E-state index contributed by atoms with van der Waals surface area (Å²) in [5, 5.41) is 0. The molecule has 2 nitrogen and oxygen atoms in total. The lowest BCUT2D eigenvalue weighted by molar-refractivity contribution is 0.537. The highest BCUT2D eigenvalue weighted by Gasteiger charge is 2.13. The summed E-state index contributed by atoms with van der Waals surface area (Å²) in [6, 6.07) is 8.51. The zero-order valence-electron chi connectivity index (χ0n) is 9.99. The second-order valence-corrected chi connectivity index (χ2v) is 4.62. The molecule has 0 saturated carbocycles. The van der Waals surface area contributed by atoms with E-state index in [4.69, 9.17) is 5.84 Å². The second-order valence-electron chi connectivity index (χ2n) is 3.77. The molecule has 0 amide bonds. The fourth-order valence-corrected chi connectivity index (χ4v) is 2.31. The average molecular weight is 236 g/mol. The van der Waals surface area contributed by atoms with Crippen molar-refractivity contribution in [3.8, 4) is 0 Å².